The summed E-state index contributed by atoms with van der Waals surface area (Å²) in [5, 5.41) is 14.4. The van der Waals surface area contributed by atoms with Gasteiger partial charge in [0.15, 0.2) is 0 Å². The summed E-state index contributed by atoms with van der Waals surface area (Å²) in [7, 11) is 5.61. The third-order valence-electron chi connectivity index (χ3n) is 8.67. The molecule has 5 aromatic rings. The van der Waals surface area contributed by atoms with Crippen molar-refractivity contribution < 1.29 is 14.3 Å². The molecule has 210 valence electrons. The first kappa shape index (κ1) is 25.5. The Morgan fingerprint density at radius 2 is 1.95 bits per heavy atom. The van der Waals surface area contributed by atoms with Gasteiger partial charge in [0, 0.05) is 74.4 Å². The highest BCUT2D eigenvalue weighted by molar-refractivity contribution is 6.18. The standard InChI is InChI=1S/C30H30FN7O3/c1-32-23-10-16(31)9-19-24-26(38-7-6-18(13-38)37(3)17-4-5-17)21(12-33-28(24)35-25(19)23)15-8-20-27(39)22(30(40)41)14-36(2)29(20)34-11-15/h8-12,14,17-18,32H,4-7,13H2,1-3H3,(H,33,35)(H,40,41). The quantitative estimate of drug-likeness (QED) is 0.286. The van der Waals surface area contributed by atoms with Gasteiger partial charge < -0.3 is 24.9 Å². The van der Waals surface area contributed by atoms with E-state index in [-0.39, 0.29) is 16.8 Å². The van der Waals surface area contributed by atoms with Gasteiger partial charge in [0.05, 0.1) is 27.7 Å². The van der Waals surface area contributed by atoms with E-state index in [1.807, 2.05) is 0 Å². The molecule has 5 heterocycles. The topological polar surface area (TPSA) is 119 Å². The van der Waals surface area contributed by atoms with E-state index in [1.165, 1.54) is 31.2 Å². The van der Waals surface area contributed by atoms with Gasteiger partial charge in [-0.05, 0) is 44.5 Å². The maximum absolute atomic E-state index is 14.9. The van der Waals surface area contributed by atoms with Crippen LogP contribution >= 0.6 is 0 Å². The Balaban J connectivity index is 1.49. The minimum atomic E-state index is -1.29. The average molecular weight is 556 g/mol. The van der Waals surface area contributed by atoms with Gasteiger partial charge >= 0.3 is 5.97 Å². The fourth-order valence-corrected chi connectivity index (χ4v) is 6.37. The van der Waals surface area contributed by atoms with Crippen LogP contribution in [0.3, 0.4) is 0 Å². The molecule has 2 aliphatic rings. The number of carboxylic acid groups (broad SMARTS) is 1. The number of H-pyrrole nitrogens is 1. The van der Waals surface area contributed by atoms with Gasteiger partial charge in [-0.25, -0.2) is 19.2 Å². The molecule has 1 saturated heterocycles. The Morgan fingerprint density at radius 3 is 2.68 bits per heavy atom. The summed E-state index contributed by atoms with van der Waals surface area (Å²) in [5.74, 6) is -1.64. The Kier molecular flexibility index (Phi) is 5.75. The van der Waals surface area contributed by atoms with Crippen LogP contribution in [0.25, 0.3) is 44.1 Å². The number of anilines is 2. The lowest BCUT2D eigenvalue weighted by Gasteiger charge is -2.27. The second-order valence-electron chi connectivity index (χ2n) is 11.2. The van der Waals surface area contributed by atoms with Crippen molar-refractivity contribution in [2.75, 3.05) is 37.4 Å². The zero-order valence-electron chi connectivity index (χ0n) is 23.0. The first-order chi connectivity index (χ1) is 19.7. The van der Waals surface area contributed by atoms with Crippen molar-refractivity contribution >= 4 is 50.3 Å². The second-order valence-corrected chi connectivity index (χ2v) is 11.2. The number of aromatic nitrogens is 4. The first-order valence-electron chi connectivity index (χ1n) is 13.8. The molecular weight excluding hydrogens is 525 g/mol. The lowest BCUT2D eigenvalue weighted by molar-refractivity contribution is 0.0695. The summed E-state index contributed by atoms with van der Waals surface area (Å²) in [6.45, 7) is 1.60. The number of fused-ring (bicyclic) bond motifs is 4. The minimum Gasteiger partial charge on any atom is -0.477 e. The normalized spacial score (nSPS) is 17.4. The van der Waals surface area contributed by atoms with Crippen LogP contribution in [0.1, 0.15) is 29.6 Å². The molecule has 0 radical (unpaired) electrons. The zero-order valence-corrected chi connectivity index (χ0v) is 23.0. The summed E-state index contributed by atoms with van der Waals surface area (Å²) in [5.41, 5.74) is 3.80. The molecule has 1 aromatic carbocycles. The number of nitrogens with one attached hydrogen (secondary N) is 2. The number of benzene rings is 1. The van der Waals surface area contributed by atoms with E-state index < -0.39 is 11.4 Å². The van der Waals surface area contributed by atoms with Crippen LogP contribution in [0.5, 0.6) is 0 Å². The van der Waals surface area contributed by atoms with Gasteiger partial charge in [0.2, 0.25) is 5.43 Å². The largest absolute Gasteiger partial charge is 0.477 e. The summed E-state index contributed by atoms with van der Waals surface area (Å²) in [6, 6.07) is 5.69. The number of aromatic amines is 1. The third-order valence-corrected chi connectivity index (χ3v) is 8.67. The predicted molar refractivity (Wildman–Crippen MR) is 157 cm³/mol. The van der Waals surface area contributed by atoms with E-state index in [4.69, 9.17) is 4.98 Å². The van der Waals surface area contributed by atoms with Crippen LogP contribution < -0.4 is 15.6 Å². The van der Waals surface area contributed by atoms with Crippen molar-refractivity contribution in [1.82, 2.24) is 24.4 Å². The minimum absolute atomic E-state index is 0.214. The smallest absolute Gasteiger partial charge is 0.341 e. The molecule has 3 N–H and O–H groups in total. The number of aromatic carboxylic acids is 1. The number of hydrogen-bond acceptors (Lipinski definition) is 7. The molecule has 10 nitrogen and oxygen atoms in total. The maximum atomic E-state index is 14.9. The number of halogens is 1. The highest BCUT2D eigenvalue weighted by Gasteiger charge is 2.36. The van der Waals surface area contributed by atoms with Crippen molar-refractivity contribution in [2.24, 2.45) is 7.05 Å². The van der Waals surface area contributed by atoms with Crippen molar-refractivity contribution in [3.63, 3.8) is 0 Å². The van der Waals surface area contributed by atoms with Gasteiger partial charge in [-0.3, -0.25) is 9.69 Å². The SMILES string of the molecule is CNc1cc(F)cc2c1[nH]c1ncc(-c3cnc4c(c3)c(=O)c(C(=O)O)cn4C)c(N3CCC(N(C)C4CC4)C3)c12. The van der Waals surface area contributed by atoms with E-state index in [0.717, 1.165) is 41.7 Å². The molecule has 4 aromatic heterocycles. The lowest BCUT2D eigenvalue weighted by Crippen LogP contribution is -2.36. The lowest BCUT2D eigenvalue weighted by atomic mass is 10.0. The summed E-state index contributed by atoms with van der Waals surface area (Å²) in [6.07, 6.45) is 8.18. The van der Waals surface area contributed by atoms with Crippen molar-refractivity contribution in [1.29, 1.82) is 0 Å². The molecule has 0 amide bonds. The molecule has 1 aliphatic carbocycles. The van der Waals surface area contributed by atoms with E-state index in [2.05, 4.69) is 32.1 Å². The molecule has 1 saturated carbocycles. The highest BCUT2D eigenvalue weighted by atomic mass is 19.1. The second kappa shape index (κ2) is 9.27. The van der Waals surface area contributed by atoms with Gasteiger partial charge in [-0.2, -0.15) is 0 Å². The van der Waals surface area contributed by atoms with Crippen molar-refractivity contribution in [3.05, 3.63) is 58.4 Å². The van der Waals surface area contributed by atoms with E-state index in [9.17, 15) is 19.1 Å². The van der Waals surface area contributed by atoms with Gasteiger partial charge in [-0.1, -0.05) is 0 Å². The number of carbonyl (C=O) groups is 1. The number of pyridine rings is 3. The number of rotatable bonds is 6. The average Bonchev–Trinajstić information content (AvgIpc) is 3.58. The fourth-order valence-electron chi connectivity index (χ4n) is 6.37. The summed E-state index contributed by atoms with van der Waals surface area (Å²) in [4.78, 5) is 42.4. The Labute approximate surface area is 234 Å². The molecule has 7 rings (SSSR count). The zero-order chi connectivity index (χ0) is 28.6. The molecule has 1 atom stereocenters. The molecule has 11 heteroatoms. The van der Waals surface area contributed by atoms with Crippen molar-refractivity contribution in [3.8, 4) is 11.1 Å². The number of nitrogens with zero attached hydrogens (tertiary/aromatic N) is 5. The number of likely N-dealkylation sites (N-methyl/N-ethyl adjacent to an activating group) is 1. The summed E-state index contributed by atoms with van der Waals surface area (Å²) >= 11 is 0. The van der Waals surface area contributed by atoms with Crippen LogP contribution in [-0.4, -0.2) is 74.8 Å². The van der Waals surface area contributed by atoms with Gasteiger partial charge in [0.1, 0.15) is 22.7 Å². The Bertz CT molecular complexity index is 1940. The van der Waals surface area contributed by atoms with E-state index >= 15 is 0 Å². The van der Waals surface area contributed by atoms with Crippen LogP contribution in [0, 0.1) is 5.82 Å². The fraction of sp³-hybridized carbons (Fsp3) is 0.333. The van der Waals surface area contributed by atoms with E-state index in [0.29, 0.717) is 40.0 Å². The highest BCUT2D eigenvalue weighted by Crippen LogP contribution is 2.44. The number of carboxylic acids is 1. The molecule has 1 unspecified atom stereocenters. The molecule has 2 fully saturated rings. The van der Waals surface area contributed by atoms with Crippen molar-refractivity contribution in [2.45, 2.75) is 31.3 Å². The van der Waals surface area contributed by atoms with Gasteiger partial charge in [0.25, 0.3) is 0 Å². The third kappa shape index (κ3) is 4.02. The van der Waals surface area contributed by atoms with Crippen LogP contribution in [0.2, 0.25) is 0 Å². The molecular formula is C30H30FN7O3. The van der Waals surface area contributed by atoms with Crippen LogP contribution in [0.4, 0.5) is 15.8 Å². The molecule has 0 spiro atoms. The van der Waals surface area contributed by atoms with Gasteiger partial charge in [-0.15, -0.1) is 0 Å². The molecule has 41 heavy (non-hydrogen) atoms. The molecule has 1 aliphatic heterocycles. The molecule has 0 bridgehead atoms. The monoisotopic (exact) mass is 555 g/mol. The number of hydrogen-bond donors (Lipinski definition) is 3. The van der Waals surface area contributed by atoms with E-state index in [1.54, 1.807) is 37.1 Å². The van der Waals surface area contributed by atoms with Crippen LogP contribution in [-0.2, 0) is 7.05 Å². The first-order valence-corrected chi connectivity index (χ1v) is 13.8. The van der Waals surface area contributed by atoms with Crippen LogP contribution in [0.15, 0.2) is 41.6 Å². The Hall–Kier alpha value is -4.51. The Morgan fingerprint density at radius 1 is 1.15 bits per heavy atom. The number of aryl methyl sites for hydroxylation is 1. The predicted octanol–water partition coefficient (Wildman–Crippen LogP) is 4.18. The maximum Gasteiger partial charge on any atom is 0.341 e. The summed E-state index contributed by atoms with van der Waals surface area (Å²) < 4.78 is 16.4.